The Morgan fingerprint density at radius 2 is 2.12 bits per heavy atom. The minimum Gasteiger partial charge on any atom is -0.396 e. The molecule has 2 aliphatic rings. The van der Waals surface area contributed by atoms with Gasteiger partial charge in [-0.25, -0.2) is 0 Å². The van der Waals surface area contributed by atoms with Gasteiger partial charge in [0, 0.05) is 43.8 Å². The van der Waals surface area contributed by atoms with Crippen molar-refractivity contribution in [2.24, 2.45) is 5.92 Å². The molecule has 2 amide bonds. The SMILES string of the molecule is C[C@@H](/C=C/CCO)[C@]1(O)C(=O)N(C)c2ccc(N3CCCC3=O)cc21. The van der Waals surface area contributed by atoms with E-state index in [1.807, 2.05) is 6.07 Å². The van der Waals surface area contributed by atoms with E-state index in [0.717, 1.165) is 6.42 Å². The molecule has 0 aliphatic carbocycles. The van der Waals surface area contributed by atoms with E-state index in [9.17, 15) is 14.7 Å². The van der Waals surface area contributed by atoms with Gasteiger partial charge in [0.05, 0.1) is 5.69 Å². The number of rotatable bonds is 5. The summed E-state index contributed by atoms with van der Waals surface area (Å²) >= 11 is 0. The van der Waals surface area contributed by atoms with Gasteiger partial charge in [-0.1, -0.05) is 19.1 Å². The highest BCUT2D eigenvalue weighted by molar-refractivity contribution is 6.07. The molecule has 6 nitrogen and oxygen atoms in total. The molecule has 0 unspecified atom stereocenters. The largest absolute Gasteiger partial charge is 0.396 e. The van der Waals surface area contributed by atoms with Crippen molar-refractivity contribution >= 4 is 23.2 Å². The van der Waals surface area contributed by atoms with Gasteiger partial charge in [0.15, 0.2) is 5.60 Å². The molecular formula is C19H24N2O4. The van der Waals surface area contributed by atoms with Crippen LogP contribution in [-0.4, -0.2) is 42.2 Å². The Morgan fingerprint density at radius 1 is 1.36 bits per heavy atom. The molecule has 2 aliphatic heterocycles. The van der Waals surface area contributed by atoms with Gasteiger partial charge in [-0.2, -0.15) is 0 Å². The maximum atomic E-state index is 12.8. The van der Waals surface area contributed by atoms with Gasteiger partial charge in [0.2, 0.25) is 5.91 Å². The standard InChI is InChI=1S/C19H24N2O4/c1-13(6-3-4-11-22)19(25)15-12-14(21-10-5-7-17(21)23)8-9-16(15)20(2)18(19)24/h3,6,8-9,12-13,22,25H,4-5,7,10-11H2,1-2H3/b6-3+/t13-,19+/m0/s1. The predicted octanol–water partition coefficient (Wildman–Crippen LogP) is 1.55. The second-order valence-corrected chi connectivity index (χ2v) is 6.71. The average molecular weight is 344 g/mol. The van der Waals surface area contributed by atoms with Crippen molar-refractivity contribution in [1.29, 1.82) is 0 Å². The molecule has 2 heterocycles. The van der Waals surface area contributed by atoms with Crippen LogP contribution >= 0.6 is 0 Å². The van der Waals surface area contributed by atoms with E-state index in [0.29, 0.717) is 36.3 Å². The van der Waals surface area contributed by atoms with Crippen molar-refractivity contribution in [2.45, 2.75) is 31.8 Å². The number of likely N-dealkylation sites (N-methyl/N-ethyl adjacent to an activating group) is 1. The monoisotopic (exact) mass is 344 g/mol. The zero-order valence-electron chi connectivity index (χ0n) is 14.6. The first kappa shape index (κ1) is 17.6. The molecule has 0 aromatic heterocycles. The predicted molar refractivity (Wildman–Crippen MR) is 95.3 cm³/mol. The molecule has 1 saturated heterocycles. The fraction of sp³-hybridized carbons (Fsp3) is 0.474. The van der Waals surface area contributed by atoms with Crippen LogP contribution in [0.5, 0.6) is 0 Å². The van der Waals surface area contributed by atoms with Crippen molar-refractivity contribution in [2.75, 3.05) is 30.0 Å². The summed E-state index contributed by atoms with van der Waals surface area (Å²) in [6.07, 6.45) is 5.34. The van der Waals surface area contributed by atoms with Gasteiger partial charge < -0.3 is 20.0 Å². The van der Waals surface area contributed by atoms with Crippen molar-refractivity contribution in [3.63, 3.8) is 0 Å². The molecule has 0 bridgehead atoms. The Morgan fingerprint density at radius 3 is 2.76 bits per heavy atom. The third-order valence-electron chi connectivity index (χ3n) is 5.15. The topological polar surface area (TPSA) is 81.1 Å². The molecule has 3 rings (SSSR count). The van der Waals surface area contributed by atoms with E-state index in [1.165, 1.54) is 4.90 Å². The Kier molecular flexibility index (Phi) is 4.67. The van der Waals surface area contributed by atoms with Crippen LogP contribution in [0.1, 0.15) is 31.7 Å². The van der Waals surface area contributed by atoms with E-state index < -0.39 is 11.5 Å². The summed E-state index contributed by atoms with van der Waals surface area (Å²) in [5.41, 5.74) is 0.229. The van der Waals surface area contributed by atoms with Gasteiger partial charge in [-0.3, -0.25) is 9.59 Å². The lowest BCUT2D eigenvalue weighted by molar-refractivity contribution is -0.139. The molecular weight excluding hydrogens is 320 g/mol. The van der Waals surface area contributed by atoms with Crippen LogP contribution in [-0.2, 0) is 15.2 Å². The number of aliphatic hydroxyl groups excluding tert-OH is 1. The van der Waals surface area contributed by atoms with Crippen LogP contribution in [0.15, 0.2) is 30.4 Å². The number of hydrogen-bond acceptors (Lipinski definition) is 4. The first-order valence-corrected chi connectivity index (χ1v) is 8.64. The first-order valence-electron chi connectivity index (χ1n) is 8.64. The van der Waals surface area contributed by atoms with E-state index >= 15 is 0 Å². The molecule has 2 N–H and O–H groups in total. The summed E-state index contributed by atoms with van der Waals surface area (Å²) in [7, 11) is 1.64. The lowest BCUT2D eigenvalue weighted by atomic mass is 9.82. The quantitative estimate of drug-likeness (QED) is 0.794. The number of hydrogen-bond donors (Lipinski definition) is 2. The minimum atomic E-state index is -1.67. The third kappa shape index (κ3) is 2.75. The highest BCUT2D eigenvalue weighted by Crippen LogP contribution is 2.46. The summed E-state index contributed by atoms with van der Waals surface area (Å²) in [4.78, 5) is 28.0. The molecule has 134 valence electrons. The molecule has 0 saturated carbocycles. The summed E-state index contributed by atoms with van der Waals surface area (Å²) in [6, 6.07) is 5.37. The number of anilines is 2. The highest BCUT2D eigenvalue weighted by atomic mass is 16.3. The van der Waals surface area contributed by atoms with Gasteiger partial charge >= 0.3 is 0 Å². The van der Waals surface area contributed by atoms with Crippen molar-refractivity contribution in [3.05, 3.63) is 35.9 Å². The number of carbonyl (C=O) groups excluding carboxylic acids is 2. The van der Waals surface area contributed by atoms with E-state index in [1.54, 1.807) is 43.2 Å². The number of carbonyl (C=O) groups is 2. The lowest BCUT2D eigenvalue weighted by Gasteiger charge is -2.27. The zero-order chi connectivity index (χ0) is 18.2. The maximum Gasteiger partial charge on any atom is 0.264 e. The van der Waals surface area contributed by atoms with Crippen molar-refractivity contribution in [3.8, 4) is 0 Å². The molecule has 1 aromatic rings. The number of aliphatic hydroxyl groups is 2. The third-order valence-corrected chi connectivity index (χ3v) is 5.15. The van der Waals surface area contributed by atoms with Crippen LogP contribution in [0.25, 0.3) is 0 Å². The lowest BCUT2D eigenvalue weighted by Crippen LogP contribution is -2.43. The number of nitrogens with zero attached hydrogens (tertiary/aromatic N) is 2. The smallest absolute Gasteiger partial charge is 0.264 e. The molecule has 1 fully saturated rings. The molecule has 6 heteroatoms. The van der Waals surface area contributed by atoms with E-state index in [4.69, 9.17) is 5.11 Å². The number of benzene rings is 1. The molecule has 2 atom stereocenters. The molecule has 0 radical (unpaired) electrons. The Labute approximate surface area is 147 Å². The molecule has 25 heavy (non-hydrogen) atoms. The van der Waals surface area contributed by atoms with Crippen LogP contribution in [0, 0.1) is 5.92 Å². The molecule has 0 spiro atoms. The Hall–Kier alpha value is -2.18. The average Bonchev–Trinajstić information content (AvgIpc) is 3.12. The summed E-state index contributed by atoms with van der Waals surface area (Å²) in [6.45, 7) is 2.46. The van der Waals surface area contributed by atoms with Gasteiger partial charge in [0.25, 0.3) is 5.91 Å². The minimum absolute atomic E-state index is 0.0211. The number of amides is 2. The summed E-state index contributed by atoms with van der Waals surface area (Å²) in [5, 5.41) is 20.2. The fourth-order valence-corrected chi connectivity index (χ4v) is 3.65. The maximum absolute atomic E-state index is 12.8. The van der Waals surface area contributed by atoms with E-state index in [-0.39, 0.29) is 18.4 Å². The van der Waals surface area contributed by atoms with Crippen LogP contribution in [0.3, 0.4) is 0 Å². The van der Waals surface area contributed by atoms with Crippen molar-refractivity contribution in [1.82, 2.24) is 0 Å². The van der Waals surface area contributed by atoms with Crippen LogP contribution in [0.2, 0.25) is 0 Å². The zero-order valence-corrected chi connectivity index (χ0v) is 14.6. The van der Waals surface area contributed by atoms with E-state index in [2.05, 4.69) is 0 Å². The van der Waals surface area contributed by atoms with Crippen molar-refractivity contribution < 1.29 is 19.8 Å². The Bertz CT molecular complexity index is 730. The first-order chi connectivity index (χ1) is 11.9. The van der Waals surface area contributed by atoms with Gasteiger partial charge in [-0.15, -0.1) is 0 Å². The second-order valence-electron chi connectivity index (χ2n) is 6.71. The van der Waals surface area contributed by atoms with Gasteiger partial charge in [-0.05, 0) is 31.0 Å². The summed E-state index contributed by atoms with van der Waals surface area (Å²) in [5.74, 6) is -0.773. The Balaban J connectivity index is 2.02. The fourth-order valence-electron chi connectivity index (χ4n) is 3.65. The highest BCUT2D eigenvalue weighted by Gasteiger charge is 2.51. The normalized spacial score (nSPS) is 24.5. The van der Waals surface area contributed by atoms with Gasteiger partial charge in [0.1, 0.15) is 0 Å². The summed E-state index contributed by atoms with van der Waals surface area (Å²) < 4.78 is 0. The van der Waals surface area contributed by atoms with Crippen LogP contribution in [0.4, 0.5) is 11.4 Å². The second kappa shape index (κ2) is 6.61. The number of fused-ring (bicyclic) bond motifs is 1. The molecule has 1 aromatic carbocycles. The van der Waals surface area contributed by atoms with Crippen LogP contribution < -0.4 is 9.80 Å².